The molecule has 0 saturated carbocycles. The van der Waals surface area contributed by atoms with Crippen molar-refractivity contribution in [3.8, 4) is 0 Å². The van der Waals surface area contributed by atoms with Crippen LogP contribution in [0.3, 0.4) is 0 Å². The van der Waals surface area contributed by atoms with E-state index in [2.05, 4.69) is 5.32 Å². The van der Waals surface area contributed by atoms with Crippen LogP contribution in [-0.4, -0.2) is 69.7 Å². The molecule has 26 heavy (non-hydrogen) atoms. The molecule has 2 rings (SSSR count). The predicted molar refractivity (Wildman–Crippen MR) is 97.1 cm³/mol. The van der Waals surface area contributed by atoms with Gasteiger partial charge in [-0.05, 0) is 30.2 Å². The highest BCUT2D eigenvalue weighted by atomic mass is 19.1. The van der Waals surface area contributed by atoms with E-state index in [9.17, 15) is 14.0 Å². The topological polar surface area (TPSA) is 63.1 Å². The SMILES string of the molecule is COCCCNC(=O)C[NH+]1CCN(C(=O)/C=C/c2ccc(F)cc2)CC1. The van der Waals surface area contributed by atoms with Gasteiger partial charge in [0.1, 0.15) is 5.82 Å². The second kappa shape index (κ2) is 10.7. The molecule has 2 amide bonds. The van der Waals surface area contributed by atoms with E-state index in [1.54, 1.807) is 30.2 Å². The first kappa shape index (κ1) is 20.1. The van der Waals surface area contributed by atoms with E-state index in [0.29, 0.717) is 32.8 Å². The van der Waals surface area contributed by atoms with Crippen molar-refractivity contribution in [2.24, 2.45) is 0 Å². The zero-order chi connectivity index (χ0) is 18.8. The summed E-state index contributed by atoms with van der Waals surface area (Å²) in [5.74, 6) is -0.320. The van der Waals surface area contributed by atoms with Crippen molar-refractivity contribution in [2.45, 2.75) is 6.42 Å². The van der Waals surface area contributed by atoms with Crippen LogP contribution >= 0.6 is 0 Å². The number of hydrogen-bond acceptors (Lipinski definition) is 3. The average molecular weight is 364 g/mol. The molecule has 6 nitrogen and oxygen atoms in total. The van der Waals surface area contributed by atoms with Crippen LogP contribution in [0.4, 0.5) is 4.39 Å². The highest BCUT2D eigenvalue weighted by Gasteiger charge is 2.23. The smallest absolute Gasteiger partial charge is 0.275 e. The van der Waals surface area contributed by atoms with E-state index >= 15 is 0 Å². The molecule has 0 bridgehead atoms. The number of hydrogen-bond donors (Lipinski definition) is 2. The van der Waals surface area contributed by atoms with Gasteiger partial charge in [0.15, 0.2) is 6.54 Å². The number of carbonyl (C=O) groups is 2. The molecule has 0 spiro atoms. The molecule has 1 saturated heterocycles. The number of benzene rings is 1. The van der Waals surface area contributed by atoms with E-state index < -0.39 is 0 Å². The van der Waals surface area contributed by atoms with Gasteiger partial charge in [-0.1, -0.05) is 12.1 Å². The highest BCUT2D eigenvalue weighted by Crippen LogP contribution is 2.05. The van der Waals surface area contributed by atoms with E-state index in [0.717, 1.165) is 25.1 Å². The monoisotopic (exact) mass is 364 g/mol. The number of halogens is 1. The Hall–Kier alpha value is -2.25. The third-order valence-electron chi connectivity index (χ3n) is 4.33. The first-order chi connectivity index (χ1) is 12.6. The number of rotatable bonds is 8. The van der Waals surface area contributed by atoms with Gasteiger partial charge < -0.3 is 19.9 Å². The lowest BCUT2D eigenvalue weighted by Gasteiger charge is -2.31. The number of piperazine rings is 1. The summed E-state index contributed by atoms with van der Waals surface area (Å²) in [5.41, 5.74) is 0.786. The number of nitrogens with zero attached hydrogens (tertiary/aromatic N) is 1. The quantitative estimate of drug-likeness (QED) is 0.493. The Kier molecular flexibility index (Phi) is 8.24. The van der Waals surface area contributed by atoms with Crippen LogP contribution in [0.5, 0.6) is 0 Å². The molecule has 0 aliphatic carbocycles. The lowest BCUT2D eigenvalue weighted by molar-refractivity contribution is -0.896. The Morgan fingerprint density at radius 1 is 1.27 bits per heavy atom. The number of nitrogens with one attached hydrogen (secondary N) is 2. The molecular weight excluding hydrogens is 337 g/mol. The fraction of sp³-hybridized carbons (Fsp3) is 0.474. The Morgan fingerprint density at radius 2 is 1.96 bits per heavy atom. The Balaban J connectivity index is 1.69. The third kappa shape index (κ3) is 6.93. The van der Waals surface area contributed by atoms with E-state index in [-0.39, 0.29) is 17.6 Å². The van der Waals surface area contributed by atoms with Gasteiger partial charge in [0.05, 0.1) is 26.2 Å². The number of amides is 2. The van der Waals surface area contributed by atoms with Crippen LogP contribution in [0.1, 0.15) is 12.0 Å². The molecule has 0 radical (unpaired) electrons. The summed E-state index contributed by atoms with van der Waals surface area (Å²) in [6.45, 7) is 4.44. The van der Waals surface area contributed by atoms with Gasteiger partial charge in [0.25, 0.3) is 5.91 Å². The first-order valence-electron chi connectivity index (χ1n) is 8.90. The molecule has 1 aliphatic rings. The maximum atomic E-state index is 12.9. The van der Waals surface area contributed by atoms with Crippen molar-refractivity contribution in [3.63, 3.8) is 0 Å². The third-order valence-corrected chi connectivity index (χ3v) is 4.33. The van der Waals surface area contributed by atoms with Crippen LogP contribution in [0.2, 0.25) is 0 Å². The molecule has 1 aliphatic heterocycles. The number of ether oxygens (including phenoxy) is 1. The normalized spacial score (nSPS) is 15.4. The summed E-state index contributed by atoms with van der Waals surface area (Å²) in [6.07, 6.45) is 4.01. The molecule has 142 valence electrons. The number of carbonyl (C=O) groups excluding carboxylic acids is 2. The highest BCUT2D eigenvalue weighted by molar-refractivity contribution is 5.91. The van der Waals surface area contributed by atoms with Gasteiger partial charge in [0.2, 0.25) is 5.91 Å². The van der Waals surface area contributed by atoms with Crippen LogP contribution in [0, 0.1) is 5.82 Å². The van der Waals surface area contributed by atoms with Gasteiger partial charge in [-0.25, -0.2) is 4.39 Å². The molecule has 7 heteroatoms. The number of methoxy groups -OCH3 is 1. The lowest BCUT2D eigenvalue weighted by Crippen LogP contribution is -3.15. The molecule has 1 heterocycles. The Morgan fingerprint density at radius 3 is 2.62 bits per heavy atom. The van der Waals surface area contributed by atoms with Gasteiger partial charge >= 0.3 is 0 Å². The summed E-state index contributed by atoms with van der Waals surface area (Å²) >= 11 is 0. The maximum absolute atomic E-state index is 12.9. The van der Waals surface area contributed by atoms with Crippen LogP contribution in [-0.2, 0) is 14.3 Å². The van der Waals surface area contributed by atoms with Gasteiger partial charge in [-0.15, -0.1) is 0 Å². The molecule has 1 aromatic carbocycles. The van der Waals surface area contributed by atoms with E-state index in [1.165, 1.54) is 23.1 Å². The van der Waals surface area contributed by atoms with Gasteiger partial charge in [-0.2, -0.15) is 0 Å². The molecular formula is C19H27FN3O3+. The average Bonchev–Trinajstić information content (AvgIpc) is 2.65. The summed E-state index contributed by atoms with van der Waals surface area (Å²) in [4.78, 5) is 27.1. The van der Waals surface area contributed by atoms with Gasteiger partial charge in [0, 0.05) is 26.3 Å². The van der Waals surface area contributed by atoms with Crippen LogP contribution < -0.4 is 10.2 Å². The zero-order valence-electron chi connectivity index (χ0n) is 15.2. The van der Waals surface area contributed by atoms with Crippen molar-refractivity contribution in [1.82, 2.24) is 10.2 Å². The minimum atomic E-state index is -0.296. The van der Waals surface area contributed by atoms with E-state index in [4.69, 9.17) is 4.74 Å². The fourth-order valence-electron chi connectivity index (χ4n) is 2.80. The summed E-state index contributed by atoms with van der Waals surface area (Å²) in [6, 6.07) is 6.00. The Labute approximate surface area is 153 Å². The predicted octanol–water partition coefficient (Wildman–Crippen LogP) is -0.281. The van der Waals surface area contributed by atoms with Crippen molar-refractivity contribution in [1.29, 1.82) is 0 Å². The first-order valence-corrected chi connectivity index (χ1v) is 8.90. The van der Waals surface area contributed by atoms with Crippen LogP contribution in [0.15, 0.2) is 30.3 Å². The molecule has 1 fully saturated rings. The minimum Gasteiger partial charge on any atom is -0.385 e. The summed E-state index contributed by atoms with van der Waals surface area (Å²) in [5, 5.41) is 2.88. The molecule has 0 aromatic heterocycles. The minimum absolute atomic E-state index is 0.0343. The van der Waals surface area contributed by atoms with E-state index in [1.807, 2.05) is 0 Å². The van der Waals surface area contributed by atoms with Gasteiger partial charge in [-0.3, -0.25) is 9.59 Å². The van der Waals surface area contributed by atoms with Crippen LogP contribution in [0.25, 0.3) is 6.08 Å². The fourth-order valence-corrected chi connectivity index (χ4v) is 2.80. The zero-order valence-corrected chi connectivity index (χ0v) is 15.2. The van der Waals surface area contributed by atoms with Crippen molar-refractivity contribution in [3.05, 3.63) is 41.7 Å². The summed E-state index contributed by atoms with van der Waals surface area (Å²) < 4.78 is 17.8. The van der Waals surface area contributed by atoms with Crippen molar-refractivity contribution < 1.29 is 23.6 Å². The molecule has 0 unspecified atom stereocenters. The largest absolute Gasteiger partial charge is 0.385 e. The number of quaternary nitrogens is 1. The summed E-state index contributed by atoms with van der Waals surface area (Å²) in [7, 11) is 1.64. The standard InChI is InChI=1S/C19H26FN3O3/c1-26-14-2-9-21-18(24)15-22-10-12-23(13-11-22)19(25)8-5-16-3-6-17(20)7-4-16/h3-8H,2,9-15H2,1H3,(H,21,24)/p+1/b8-5+. The second-order valence-electron chi connectivity index (χ2n) is 6.33. The second-order valence-corrected chi connectivity index (χ2v) is 6.33. The molecule has 0 atom stereocenters. The van der Waals surface area contributed by atoms with Crippen molar-refractivity contribution in [2.75, 3.05) is 53.0 Å². The molecule has 2 N–H and O–H groups in total. The van der Waals surface area contributed by atoms with Crippen molar-refractivity contribution >= 4 is 17.9 Å². The Bertz CT molecular complexity index is 611. The lowest BCUT2D eigenvalue weighted by atomic mass is 10.2. The molecule has 1 aromatic rings. The maximum Gasteiger partial charge on any atom is 0.275 e.